The SMILES string of the molecule is Cc1ccc(C)c(OCC(=O)Nc2cc(Cl)ccc2OCc2cc(=O)n3c(ncn3C(C)C)n2)c1. The van der Waals surface area contributed by atoms with Crippen molar-refractivity contribution in [3.8, 4) is 11.5 Å². The van der Waals surface area contributed by atoms with Gasteiger partial charge in [-0.3, -0.25) is 14.3 Å². The minimum atomic E-state index is -0.366. The van der Waals surface area contributed by atoms with Crippen LogP contribution in [0.4, 0.5) is 5.69 Å². The molecule has 10 heteroatoms. The summed E-state index contributed by atoms with van der Waals surface area (Å²) in [6.45, 7) is 7.61. The third kappa shape index (κ3) is 5.63. The number of benzene rings is 2. The van der Waals surface area contributed by atoms with Crippen LogP contribution in [0.2, 0.25) is 5.02 Å². The van der Waals surface area contributed by atoms with Gasteiger partial charge in [-0.05, 0) is 63.1 Å². The number of aromatic nitrogens is 4. The van der Waals surface area contributed by atoms with E-state index in [1.165, 1.54) is 10.6 Å². The third-order valence-electron chi connectivity index (χ3n) is 5.28. The van der Waals surface area contributed by atoms with E-state index in [1.807, 2.05) is 45.9 Å². The van der Waals surface area contributed by atoms with Crippen LogP contribution in [0.1, 0.15) is 36.7 Å². The molecule has 0 atom stereocenters. The smallest absolute Gasteiger partial charge is 0.274 e. The van der Waals surface area contributed by atoms with Gasteiger partial charge in [-0.25, -0.2) is 4.98 Å². The van der Waals surface area contributed by atoms with Crippen molar-refractivity contribution in [3.63, 3.8) is 0 Å². The summed E-state index contributed by atoms with van der Waals surface area (Å²) in [4.78, 5) is 33.8. The highest BCUT2D eigenvalue weighted by Crippen LogP contribution is 2.29. The van der Waals surface area contributed by atoms with Crippen LogP contribution in [0, 0.1) is 13.8 Å². The van der Waals surface area contributed by atoms with Crippen molar-refractivity contribution in [2.75, 3.05) is 11.9 Å². The second-order valence-electron chi connectivity index (χ2n) is 8.45. The fourth-order valence-corrected chi connectivity index (χ4v) is 3.65. The van der Waals surface area contributed by atoms with E-state index in [9.17, 15) is 9.59 Å². The van der Waals surface area contributed by atoms with Crippen LogP contribution in [-0.2, 0) is 11.4 Å². The maximum atomic E-state index is 12.6. The van der Waals surface area contributed by atoms with Gasteiger partial charge in [0.15, 0.2) is 6.61 Å². The zero-order chi connectivity index (χ0) is 25.1. The van der Waals surface area contributed by atoms with Crippen LogP contribution in [0.25, 0.3) is 5.78 Å². The van der Waals surface area contributed by atoms with E-state index in [1.54, 1.807) is 29.2 Å². The van der Waals surface area contributed by atoms with Gasteiger partial charge in [-0.2, -0.15) is 9.50 Å². The number of aryl methyl sites for hydroxylation is 2. The van der Waals surface area contributed by atoms with E-state index in [0.29, 0.717) is 27.9 Å². The lowest BCUT2D eigenvalue weighted by Gasteiger charge is -2.14. The van der Waals surface area contributed by atoms with Crippen LogP contribution in [0.5, 0.6) is 11.5 Å². The van der Waals surface area contributed by atoms with Gasteiger partial charge < -0.3 is 14.8 Å². The van der Waals surface area contributed by atoms with Gasteiger partial charge in [0, 0.05) is 17.1 Å². The largest absolute Gasteiger partial charge is 0.485 e. The van der Waals surface area contributed by atoms with Crippen LogP contribution >= 0.6 is 11.6 Å². The Kier molecular flexibility index (Phi) is 7.07. The van der Waals surface area contributed by atoms with Crippen molar-refractivity contribution in [3.05, 3.63) is 81.0 Å². The van der Waals surface area contributed by atoms with E-state index in [-0.39, 0.29) is 36.5 Å². The highest BCUT2D eigenvalue weighted by atomic mass is 35.5. The first-order valence-electron chi connectivity index (χ1n) is 11.1. The van der Waals surface area contributed by atoms with Crippen LogP contribution in [0.3, 0.4) is 0 Å². The molecule has 0 fully saturated rings. The fraction of sp³-hybridized carbons (Fsp3) is 0.280. The molecule has 2 aromatic heterocycles. The first-order chi connectivity index (χ1) is 16.7. The zero-order valence-corrected chi connectivity index (χ0v) is 20.7. The second-order valence-corrected chi connectivity index (χ2v) is 8.89. The Hall–Kier alpha value is -3.85. The summed E-state index contributed by atoms with van der Waals surface area (Å²) in [6, 6.07) is 12.1. The molecule has 182 valence electrons. The van der Waals surface area contributed by atoms with E-state index in [2.05, 4.69) is 15.3 Å². The van der Waals surface area contributed by atoms with Crippen molar-refractivity contribution in [1.29, 1.82) is 0 Å². The molecule has 1 N–H and O–H groups in total. The number of ether oxygens (including phenoxy) is 2. The van der Waals surface area contributed by atoms with Gasteiger partial charge in [0.2, 0.25) is 0 Å². The molecule has 0 spiro atoms. The minimum absolute atomic E-state index is 0.00374. The van der Waals surface area contributed by atoms with Crippen molar-refractivity contribution in [2.45, 2.75) is 40.3 Å². The minimum Gasteiger partial charge on any atom is -0.485 e. The van der Waals surface area contributed by atoms with Gasteiger partial charge in [0.25, 0.3) is 17.2 Å². The number of rotatable bonds is 8. The van der Waals surface area contributed by atoms with Gasteiger partial charge >= 0.3 is 0 Å². The summed E-state index contributed by atoms with van der Waals surface area (Å²) in [7, 11) is 0. The number of anilines is 1. The maximum absolute atomic E-state index is 12.6. The Bertz CT molecular complexity index is 1440. The van der Waals surface area contributed by atoms with Crippen LogP contribution in [-0.4, -0.2) is 31.7 Å². The van der Waals surface area contributed by atoms with E-state index >= 15 is 0 Å². The molecule has 35 heavy (non-hydrogen) atoms. The molecule has 0 bridgehead atoms. The lowest BCUT2D eigenvalue weighted by molar-refractivity contribution is -0.118. The highest BCUT2D eigenvalue weighted by Gasteiger charge is 2.14. The number of halogens is 1. The van der Waals surface area contributed by atoms with E-state index in [0.717, 1.165) is 11.1 Å². The first-order valence-corrected chi connectivity index (χ1v) is 11.5. The molecule has 0 radical (unpaired) electrons. The summed E-state index contributed by atoms with van der Waals surface area (Å²) >= 11 is 6.14. The van der Waals surface area contributed by atoms with Crippen molar-refractivity contribution in [1.82, 2.24) is 19.2 Å². The number of amides is 1. The summed E-state index contributed by atoms with van der Waals surface area (Å²) in [5.41, 5.74) is 2.52. The summed E-state index contributed by atoms with van der Waals surface area (Å²) in [5, 5.41) is 3.20. The number of nitrogens with one attached hydrogen (secondary N) is 1. The van der Waals surface area contributed by atoms with E-state index < -0.39 is 0 Å². The predicted molar refractivity (Wildman–Crippen MR) is 133 cm³/mol. The lowest BCUT2D eigenvalue weighted by atomic mass is 10.1. The number of hydrogen-bond acceptors (Lipinski definition) is 6. The Morgan fingerprint density at radius 3 is 2.66 bits per heavy atom. The molecule has 2 heterocycles. The number of fused-ring (bicyclic) bond motifs is 1. The van der Waals surface area contributed by atoms with Crippen LogP contribution < -0.4 is 20.3 Å². The molecule has 0 aliphatic carbocycles. The molecule has 0 unspecified atom stereocenters. The Morgan fingerprint density at radius 1 is 1.09 bits per heavy atom. The van der Waals surface area contributed by atoms with Gasteiger partial charge in [0.1, 0.15) is 24.4 Å². The molecule has 1 amide bonds. The summed E-state index contributed by atoms with van der Waals surface area (Å²) in [6.07, 6.45) is 1.58. The standard InChI is InChI=1S/C25H26ClN5O4/c1-15(2)30-14-27-25-28-19(11-24(33)31(25)30)12-34-21-8-7-18(26)10-20(21)29-23(32)13-35-22-9-16(3)5-6-17(22)4/h5-11,14-15H,12-13H2,1-4H3,(H,29,32). The van der Waals surface area contributed by atoms with E-state index in [4.69, 9.17) is 21.1 Å². The Labute approximate surface area is 207 Å². The van der Waals surface area contributed by atoms with Gasteiger partial charge in [-0.15, -0.1) is 0 Å². The first kappa shape index (κ1) is 24.3. The maximum Gasteiger partial charge on any atom is 0.274 e. The number of carbonyl (C=O) groups is 1. The molecule has 0 aliphatic rings. The molecule has 0 aliphatic heterocycles. The Balaban J connectivity index is 1.46. The zero-order valence-electron chi connectivity index (χ0n) is 19.9. The molecule has 2 aromatic carbocycles. The number of hydrogen-bond donors (Lipinski definition) is 1. The average molecular weight is 496 g/mol. The topological polar surface area (TPSA) is 99.7 Å². The van der Waals surface area contributed by atoms with Crippen molar-refractivity contribution >= 4 is 29.0 Å². The van der Waals surface area contributed by atoms with Gasteiger partial charge in [0.05, 0.1) is 11.4 Å². The monoisotopic (exact) mass is 495 g/mol. The lowest BCUT2D eigenvalue weighted by Crippen LogP contribution is -2.23. The molecular formula is C25H26ClN5O4. The summed E-state index contributed by atoms with van der Waals surface area (Å²) in [5.74, 6) is 0.952. The normalized spacial score (nSPS) is 11.1. The number of nitrogens with zero attached hydrogens (tertiary/aromatic N) is 4. The molecule has 4 rings (SSSR count). The Morgan fingerprint density at radius 2 is 1.89 bits per heavy atom. The number of carbonyl (C=O) groups excluding carboxylic acids is 1. The van der Waals surface area contributed by atoms with Crippen LogP contribution in [0.15, 0.2) is 53.6 Å². The second kappa shape index (κ2) is 10.2. The molecular weight excluding hydrogens is 470 g/mol. The molecule has 9 nitrogen and oxygen atoms in total. The molecule has 0 saturated heterocycles. The third-order valence-corrected chi connectivity index (χ3v) is 5.51. The molecule has 0 saturated carbocycles. The van der Waals surface area contributed by atoms with Crippen molar-refractivity contribution < 1.29 is 14.3 Å². The van der Waals surface area contributed by atoms with Gasteiger partial charge in [-0.1, -0.05) is 23.7 Å². The average Bonchev–Trinajstić information content (AvgIpc) is 3.24. The van der Waals surface area contributed by atoms with Crippen molar-refractivity contribution in [2.24, 2.45) is 0 Å². The highest BCUT2D eigenvalue weighted by molar-refractivity contribution is 6.31. The fourth-order valence-electron chi connectivity index (χ4n) is 3.48. The predicted octanol–water partition coefficient (Wildman–Crippen LogP) is 4.34. The quantitative estimate of drug-likeness (QED) is 0.390. The summed E-state index contributed by atoms with van der Waals surface area (Å²) < 4.78 is 14.7. The molecule has 4 aromatic rings.